The Balaban J connectivity index is 2.67. The van der Waals surface area contributed by atoms with Crippen LogP contribution in [0.3, 0.4) is 0 Å². The SMILES string of the molecule is FC(F)C(F)(F)c1cc(-c2cccs2)nc(C(F)(F)C(F)F)n1. The van der Waals surface area contributed by atoms with Crippen LogP contribution in [-0.2, 0) is 11.8 Å². The Morgan fingerprint density at radius 2 is 1.52 bits per heavy atom. The molecule has 0 aromatic carbocycles. The van der Waals surface area contributed by atoms with Crippen molar-refractivity contribution >= 4 is 11.3 Å². The lowest BCUT2D eigenvalue weighted by atomic mass is 10.1. The molecule has 11 heteroatoms. The van der Waals surface area contributed by atoms with Gasteiger partial charge in [-0.3, -0.25) is 0 Å². The first-order valence-electron chi connectivity index (χ1n) is 5.82. The molecule has 0 fully saturated rings. The van der Waals surface area contributed by atoms with Crippen LogP contribution in [0, 0.1) is 0 Å². The molecule has 2 heterocycles. The van der Waals surface area contributed by atoms with E-state index in [1.807, 2.05) is 0 Å². The molecular formula is C12H6F8N2S. The van der Waals surface area contributed by atoms with Crippen LogP contribution < -0.4 is 0 Å². The fourth-order valence-electron chi connectivity index (χ4n) is 1.53. The molecule has 0 bridgehead atoms. The molecule has 0 radical (unpaired) electrons. The lowest BCUT2D eigenvalue weighted by molar-refractivity contribution is -0.147. The maximum absolute atomic E-state index is 13.4. The lowest BCUT2D eigenvalue weighted by Gasteiger charge is -2.19. The van der Waals surface area contributed by atoms with Crippen LogP contribution in [0.4, 0.5) is 35.1 Å². The number of rotatable bonds is 5. The van der Waals surface area contributed by atoms with E-state index in [1.165, 1.54) is 17.5 Å². The predicted molar refractivity (Wildman–Crippen MR) is 65.1 cm³/mol. The molecule has 0 aliphatic heterocycles. The summed E-state index contributed by atoms with van der Waals surface area (Å²) in [7, 11) is 0. The van der Waals surface area contributed by atoms with E-state index in [2.05, 4.69) is 9.97 Å². The van der Waals surface area contributed by atoms with Gasteiger partial charge < -0.3 is 0 Å². The molecule has 0 spiro atoms. The summed E-state index contributed by atoms with van der Waals surface area (Å²) in [6.07, 6.45) is -8.53. The molecular weight excluding hydrogens is 356 g/mol. The van der Waals surface area contributed by atoms with Crippen LogP contribution in [0.2, 0.25) is 0 Å². The quantitative estimate of drug-likeness (QED) is 0.706. The maximum Gasteiger partial charge on any atom is 0.365 e. The van der Waals surface area contributed by atoms with Gasteiger partial charge in [-0.15, -0.1) is 11.3 Å². The van der Waals surface area contributed by atoms with Crippen molar-refractivity contribution in [2.75, 3.05) is 0 Å². The minimum Gasteiger partial charge on any atom is -0.226 e. The summed E-state index contributed by atoms with van der Waals surface area (Å²) in [6, 6.07) is 3.07. The minimum absolute atomic E-state index is 0.0602. The molecule has 0 saturated carbocycles. The van der Waals surface area contributed by atoms with E-state index in [-0.39, 0.29) is 4.88 Å². The first-order chi connectivity index (χ1) is 10.6. The third-order valence-corrected chi connectivity index (χ3v) is 3.58. The monoisotopic (exact) mass is 362 g/mol. The fraction of sp³-hybridized carbons (Fsp3) is 0.333. The van der Waals surface area contributed by atoms with Gasteiger partial charge in [-0.2, -0.15) is 17.6 Å². The van der Waals surface area contributed by atoms with Gasteiger partial charge in [0.2, 0.25) is 5.82 Å². The summed E-state index contributed by atoms with van der Waals surface area (Å²) >= 11 is 0.876. The Bertz CT molecular complexity index is 633. The zero-order valence-corrected chi connectivity index (χ0v) is 11.6. The van der Waals surface area contributed by atoms with Gasteiger partial charge in [0.05, 0.1) is 10.6 Å². The van der Waals surface area contributed by atoms with E-state index < -0.39 is 41.9 Å². The molecule has 2 nitrogen and oxygen atoms in total. The second kappa shape index (κ2) is 6.02. The molecule has 0 atom stereocenters. The molecule has 0 aliphatic rings. The number of nitrogens with zero attached hydrogens (tertiary/aromatic N) is 2. The Morgan fingerprint density at radius 1 is 0.913 bits per heavy atom. The summed E-state index contributed by atoms with van der Waals surface area (Å²) in [4.78, 5) is 5.76. The number of hydrogen-bond donors (Lipinski definition) is 0. The summed E-state index contributed by atoms with van der Waals surface area (Å²) in [6.45, 7) is 0. The average Bonchev–Trinajstić information content (AvgIpc) is 3.00. The summed E-state index contributed by atoms with van der Waals surface area (Å²) in [5.41, 5.74) is -2.32. The van der Waals surface area contributed by atoms with E-state index in [4.69, 9.17) is 0 Å². The first-order valence-corrected chi connectivity index (χ1v) is 6.70. The second-order valence-corrected chi connectivity index (χ2v) is 5.23. The van der Waals surface area contributed by atoms with Crippen molar-refractivity contribution < 1.29 is 35.1 Å². The Kier molecular flexibility index (Phi) is 4.60. The molecule has 0 aliphatic carbocycles. The zero-order chi connectivity index (χ0) is 17.4. The number of hydrogen-bond acceptors (Lipinski definition) is 3. The van der Waals surface area contributed by atoms with Crippen LogP contribution >= 0.6 is 11.3 Å². The van der Waals surface area contributed by atoms with Crippen LogP contribution in [0.25, 0.3) is 10.6 Å². The zero-order valence-electron chi connectivity index (χ0n) is 10.8. The highest BCUT2D eigenvalue weighted by atomic mass is 32.1. The van der Waals surface area contributed by atoms with Crippen molar-refractivity contribution in [1.82, 2.24) is 9.97 Å². The van der Waals surface area contributed by atoms with Gasteiger partial charge in [-0.25, -0.2) is 27.5 Å². The van der Waals surface area contributed by atoms with E-state index in [9.17, 15) is 35.1 Å². The molecule has 2 aromatic rings. The normalized spacial score (nSPS) is 13.1. The number of alkyl halides is 8. The van der Waals surface area contributed by atoms with E-state index in [0.29, 0.717) is 6.07 Å². The van der Waals surface area contributed by atoms with Gasteiger partial charge in [0.25, 0.3) is 0 Å². The van der Waals surface area contributed by atoms with E-state index in [0.717, 1.165) is 11.3 Å². The van der Waals surface area contributed by atoms with E-state index >= 15 is 0 Å². The van der Waals surface area contributed by atoms with Gasteiger partial charge in [-0.05, 0) is 17.5 Å². The van der Waals surface area contributed by atoms with Gasteiger partial charge in [0.15, 0.2) is 0 Å². The van der Waals surface area contributed by atoms with Crippen molar-refractivity contribution in [1.29, 1.82) is 0 Å². The largest absolute Gasteiger partial charge is 0.365 e. The highest BCUT2D eigenvalue weighted by molar-refractivity contribution is 7.13. The van der Waals surface area contributed by atoms with Crippen LogP contribution in [0.5, 0.6) is 0 Å². The van der Waals surface area contributed by atoms with Crippen LogP contribution in [-0.4, -0.2) is 22.8 Å². The highest BCUT2D eigenvalue weighted by Gasteiger charge is 2.50. The van der Waals surface area contributed by atoms with E-state index in [1.54, 1.807) is 0 Å². The van der Waals surface area contributed by atoms with Gasteiger partial charge in [0, 0.05) is 0 Å². The molecule has 0 N–H and O–H groups in total. The first kappa shape index (κ1) is 17.6. The third kappa shape index (κ3) is 3.28. The standard InChI is InChI=1S/C12H6F8N2S/c13-8(14)11(17,18)7-4-5(6-2-1-3-23-6)21-10(22-7)12(19,20)9(15)16/h1-4,8-9H. The van der Waals surface area contributed by atoms with Crippen molar-refractivity contribution in [2.45, 2.75) is 24.7 Å². The third-order valence-electron chi connectivity index (χ3n) is 2.69. The predicted octanol–water partition coefficient (Wildman–Crippen LogP) is 4.92. The second-order valence-electron chi connectivity index (χ2n) is 4.29. The fourth-order valence-corrected chi connectivity index (χ4v) is 2.21. The molecule has 23 heavy (non-hydrogen) atoms. The molecule has 2 aromatic heterocycles. The molecule has 126 valence electrons. The smallest absolute Gasteiger partial charge is 0.226 e. The van der Waals surface area contributed by atoms with Gasteiger partial charge in [0.1, 0.15) is 5.69 Å². The number of thiophene rings is 1. The van der Waals surface area contributed by atoms with Crippen LogP contribution in [0.1, 0.15) is 11.5 Å². The summed E-state index contributed by atoms with van der Waals surface area (Å²) in [5.74, 6) is -11.8. The van der Waals surface area contributed by atoms with Crippen molar-refractivity contribution in [3.8, 4) is 10.6 Å². The Hall–Kier alpha value is -1.78. The molecule has 0 unspecified atom stereocenters. The Morgan fingerprint density at radius 3 is 2.00 bits per heavy atom. The van der Waals surface area contributed by atoms with Crippen molar-refractivity contribution in [2.24, 2.45) is 0 Å². The minimum atomic E-state index is -4.96. The van der Waals surface area contributed by atoms with Gasteiger partial charge >= 0.3 is 24.7 Å². The maximum atomic E-state index is 13.4. The molecule has 2 rings (SSSR count). The summed E-state index contributed by atoms with van der Waals surface area (Å²) in [5, 5.41) is 1.44. The average molecular weight is 362 g/mol. The Labute approximate surface area is 127 Å². The van der Waals surface area contributed by atoms with Crippen molar-refractivity contribution in [3.05, 3.63) is 35.1 Å². The van der Waals surface area contributed by atoms with Crippen molar-refractivity contribution in [3.63, 3.8) is 0 Å². The summed E-state index contributed by atoms with van der Waals surface area (Å²) < 4.78 is 103. The number of halogens is 8. The topological polar surface area (TPSA) is 25.8 Å². The van der Waals surface area contributed by atoms with Crippen LogP contribution in [0.15, 0.2) is 23.6 Å². The molecule has 0 amide bonds. The number of aromatic nitrogens is 2. The lowest BCUT2D eigenvalue weighted by Crippen LogP contribution is -2.31. The highest BCUT2D eigenvalue weighted by Crippen LogP contribution is 2.39. The van der Waals surface area contributed by atoms with Gasteiger partial charge in [-0.1, -0.05) is 6.07 Å². The molecule has 0 saturated heterocycles.